The minimum absolute atomic E-state index is 0.936. The van der Waals surface area contributed by atoms with Crippen LogP contribution in [0.5, 0.6) is 0 Å². The monoisotopic (exact) mass is 188 g/mol. The van der Waals surface area contributed by atoms with Gasteiger partial charge in [-0.2, -0.15) is 0 Å². The fourth-order valence-corrected chi connectivity index (χ4v) is 1.36. The first-order valence-corrected chi connectivity index (χ1v) is 4.89. The third-order valence-corrected chi connectivity index (χ3v) is 2.08. The number of hydrogen-bond acceptors (Lipinski definition) is 2. The topological polar surface area (TPSA) is 24.7 Å². The van der Waals surface area contributed by atoms with Crippen LogP contribution >= 0.6 is 0 Å². The van der Waals surface area contributed by atoms with Crippen LogP contribution in [0.3, 0.4) is 0 Å². The molecule has 0 unspecified atom stereocenters. The molecule has 14 heavy (non-hydrogen) atoms. The lowest BCUT2D eigenvalue weighted by Gasteiger charge is -2.11. The minimum Gasteiger partial charge on any atom is -0.289 e. The molecule has 0 aromatic carbocycles. The van der Waals surface area contributed by atoms with Crippen LogP contribution in [0.2, 0.25) is 0 Å². The van der Waals surface area contributed by atoms with Crippen molar-refractivity contribution in [3.05, 3.63) is 37.1 Å². The van der Waals surface area contributed by atoms with Crippen molar-refractivity contribution in [3.8, 4) is 0 Å². The van der Waals surface area contributed by atoms with Gasteiger partial charge in [0.2, 0.25) is 0 Å². The maximum atomic E-state index is 4.46. The van der Waals surface area contributed by atoms with Gasteiger partial charge in [-0.25, -0.2) is 0 Å². The van der Waals surface area contributed by atoms with E-state index in [1.54, 1.807) is 18.5 Å². The summed E-state index contributed by atoms with van der Waals surface area (Å²) in [5.74, 6) is 0. The minimum atomic E-state index is 0.936. The van der Waals surface area contributed by atoms with E-state index in [0.717, 1.165) is 24.3 Å². The van der Waals surface area contributed by atoms with E-state index in [1.165, 1.54) is 12.8 Å². The second-order valence-corrected chi connectivity index (χ2v) is 3.11. The third kappa shape index (κ3) is 3.13. The molecular formula is C12H16N2. The van der Waals surface area contributed by atoms with Crippen LogP contribution < -0.4 is 0 Å². The number of hydrogen-bond donors (Lipinski definition) is 0. The molecule has 1 rings (SSSR count). The van der Waals surface area contributed by atoms with Gasteiger partial charge in [-0.05, 0) is 19.3 Å². The predicted molar refractivity (Wildman–Crippen MR) is 63.1 cm³/mol. The highest BCUT2D eigenvalue weighted by Gasteiger charge is 2.07. The van der Waals surface area contributed by atoms with Gasteiger partial charge < -0.3 is 0 Å². The van der Waals surface area contributed by atoms with Crippen LogP contribution in [0.25, 0.3) is 0 Å². The molecule has 0 spiro atoms. The van der Waals surface area contributed by atoms with Gasteiger partial charge in [0.1, 0.15) is 0 Å². The maximum Gasteiger partial charge on any atom is 0.0435 e. The molecule has 0 saturated carbocycles. The molecule has 0 aliphatic carbocycles. The van der Waals surface area contributed by atoms with Crippen molar-refractivity contribution in [2.24, 2.45) is 9.98 Å². The Balaban J connectivity index is 2.74. The summed E-state index contributed by atoms with van der Waals surface area (Å²) in [6.45, 7) is 8.26. The van der Waals surface area contributed by atoms with Crippen molar-refractivity contribution in [2.45, 2.75) is 19.3 Å². The molecule has 0 fully saturated rings. The highest BCUT2D eigenvalue weighted by molar-refractivity contribution is 6.02. The Hall–Kier alpha value is -1.44. The second-order valence-electron chi connectivity index (χ2n) is 3.11. The Kier molecular flexibility index (Phi) is 4.62. The predicted octanol–water partition coefficient (Wildman–Crippen LogP) is 2.94. The number of aliphatic imine (C=N–C) groups is 2. The van der Waals surface area contributed by atoms with Crippen LogP contribution in [-0.2, 0) is 0 Å². The Labute approximate surface area is 85.5 Å². The lowest BCUT2D eigenvalue weighted by atomic mass is 10.0. The molecule has 0 amide bonds. The van der Waals surface area contributed by atoms with E-state index in [9.17, 15) is 0 Å². The largest absolute Gasteiger partial charge is 0.289 e. The normalized spacial score (nSPS) is 18.0. The zero-order valence-corrected chi connectivity index (χ0v) is 8.45. The average molecular weight is 188 g/mol. The Morgan fingerprint density at radius 3 is 2.79 bits per heavy atom. The quantitative estimate of drug-likeness (QED) is 0.478. The molecule has 0 atom stereocenters. The molecule has 1 aliphatic rings. The van der Waals surface area contributed by atoms with E-state index in [4.69, 9.17) is 0 Å². The van der Waals surface area contributed by atoms with Crippen LogP contribution in [0.15, 0.2) is 47.1 Å². The van der Waals surface area contributed by atoms with Gasteiger partial charge in [-0.3, -0.25) is 9.98 Å². The van der Waals surface area contributed by atoms with Crippen molar-refractivity contribution in [3.63, 3.8) is 0 Å². The number of rotatable bonds is 4. The number of allylic oxidation sites excluding steroid dienone is 3. The highest BCUT2D eigenvalue weighted by Crippen LogP contribution is 2.13. The van der Waals surface area contributed by atoms with Gasteiger partial charge in [0, 0.05) is 30.2 Å². The molecule has 2 nitrogen and oxygen atoms in total. The zero-order valence-electron chi connectivity index (χ0n) is 8.45. The van der Waals surface area contributed by atoms with E-state index in [2.05, 4.69) is 23.1 Å². The van der Waals surface area contributed by atoms with Crippen molar-refractivity contribution in [1.29, 1.82) is 0 Å². The van der Waals surface area contributed by atoms with E-state index >= 15 is 0 Å². The van der Waals surface area contributed by atoms with E-state index in [0.29, 0.717) is 0 Å². The molecule has 0 aromatic rings. The molecule has 0 bridgehead atoms. The fraction of sp³-hybridized carbons (Fsp3) is 0.333. The Morgan fingerprint density at radius 1 is 1.36 bits per heavy atom. The molecule has 0 N–H and O–H groups in total. The molecule has 2 heteroatoms. The van der Waals surface area contributed by atoms with Crippen molar-refractivity contribution in [1.82, 2.24) is 0 Å². The summed E-state index contributed by atoms with van der Waals surface area (Å²) in [4.78, 5) is 8.54. The summed E-state index contributed by atoms with van der Waals surface area (Å²) in [6.07, 6.45) is 10.4. The first-order chi connectivity index (χ1) is 6.88. The van der Waals surface area contributed by atoms with Gasteiger partial charge in [0.05, 0.1) is 0 Å². The van der Waals surface area contributed by atoms with E-state index in [1.807, 2.05) is 6.08 Å². The average Bonchev–Trinajstić information content (AvgIpc) is 2.26. The molecule has 1 heterocycles. The van der Waals surface area contributed by atoms with Crippen LogP contribution in [0.1, 0.15) is 19.3 Å². The van der Waals surface area contributed by atoms with Crippen LogP contribution in [0.4, 0.5) is 0 Å². The van der Waals surface area contributed by atoms with E-state index < -0.39 is 0 Å². The van der Waals surface area contributed by atoms with Crippen LogP contribution in [0, 0.1) is 0 Å². The van der Waals surface area contributed by atoms with Gasteiger partial charge >= 0.3 is 0 Å². The summed E-state index contributed by atoms with van der Waals surface area (Å²) in [5.41, 5.74) is 2.16. The molecule has 0 radical (unpaired) electrons. The summed E-state index contributed by atoms with van der Waals surface area (Å²) < 4.78 is 0. The lowest BCUT2D eigenvalue weighted by Crippen LogP contribution is -2.07. The van der Waals surface area contributed by atoms with Crippen molar-refractivity contribution >= 4 is 11.9 Å². The zero-order chi connectivity index (χ0) is 10.2. The van der Waals surface area contributed by atoms with Crippen molar-refractivity contribution in [2.75, 3.05) is 6.54 Å². The second kappa shape index (κ2) is 6.08. The summed E-state index contributed by atoms with van der Waals surface area (Å²) in [7, 11) is 0. The molecule has 0 aromatic heterocycles. The summed E-state index contributed by atoms with van der Waals surface area (Å²) >= 11 is 0. The first kappa shape index (κ1) is 10.6. The van der Waals surface area contributed by atoms with E-state index in [-0.39, 0.29) is 0 Å². The molecular weight excluding hydrogens is 172 g/mol. The van der Waals surface area contributed by atoms with Gasteiger partial charge in [0.15, 0.2) is 0 Å². The highest BCUT2D eigenvalue weighted by atomic mass is 14.8. The summed E-state index contributed by atoms with van der Waals surface area (Å²) in [5, 5.41) is 0. The summed E-state index contributed by atoms with van der Waals surface area (Å²) in [6, 6.07) is 0. The Bertz CT molecular complexity index is 295. The molecule has 74 valence electrons. The Morgan fingerprint density at radius 2 is 2.21 bits per heavy atom. The fourth-order valence-electron chi connectivity index (χ4n) is 1.36. The molecule has 1 aliphatic heterocycles. The van der Waals surface area contributed by atoms with Crippen LogP contribution in [-0.4, -0.2) is 18.5 Å². The van der Waals surface area contributed by atoms with Gasteiger partial charge in [0.25, 0.3) is 0 Å². The standard InChI is InChI=1S/C12H16N2/c1-3-8-13-10-11(4-2)12-7-5-6-9-14-12/h3-4,8,10H,1-2,5-7,9H2/b11-10+,13-8?. The van der Waals surface area contributed by atoms with Crippen molar-refractivity contribution < 1.29 is 0 Å². The third-order valence-electron chi connectivity index (χ3n) is 2.08. The molecule has 0 saturated heterocycles. The smallest absolute Gasteiger partial charge is 0.0435 e. The number of nitrogens with zero attached hydrogens (tertiary/aromatic N) is 2. The first-order valence-electron chi connectivity index (χ1n) is 4.89. The maximum absolute atomic E-state index is 4.46. The SMILES string of the molecule is C=CC=N/C=C(\C=C)C1=NCCCC1. The van der Waals surface area contributed by atoms with Gasteiger partial charge in [-0.1, -0.05) is 25.3 Å². The van der Waals surface area contributed by atoms with Gasteiger partial charge in [-0.15, -0.1) is 0 Å². The lowest BCUT2D eigenvalue weighted by molar-refractivity contribution is 0.738.